The Balaban J connectivity index is 2.19. The molecule has 1 aromatic heterocycles. The van der Waals surface area contributed by atoms with E-state index >= 15 is 0 Å². The van der Waals surface area contributed by atoms with Crippen LogP contribution in [-0.4, -0.2) is 32.5 Å². The molecular formula is C16H19FN2O3S. The molecule has 2 aromatic rings. The maximum absolute atomic E-state index is 13.0. The Morgan fingerprint density at radius 3 is 2.74 bits per heavy atom. The van der Waals surface area contributed by atoms with E-state index in [0.717, 1.165) is 5.56 Å². The van der Waals surface area contributed by atoms with Crippen molar-refractivity contribution in [3.63, 3.8) is 0 Å². The van der Waals surface area contributed by atoms with Crippen molar-refractivity contribution in [3.8, 4) is 0 Å². The van der Waals surface area contributed by atoms with Crippen LogP contribution in [0, 0.1) is 5.82 Å². The zero-order valence-corrected chi connectivity index (χ0v) is 13.8. The van der Waals surface area contributed by atoms with Crippen LogP contribution in [0.15, 0.2) is 35.6 Å². The predicted octanol–water partition coefficient (Wildman–Crippen LogP) is 2.61. The van der Waals surface area contributed by atoms with Crippen LogP contribution in [0.1, 0.15) is 25.1 Å². The number of aliphatic hydroxyl groups is 1. The lowest BCUT2D eigenvalue weighted by Gasteiger charge is -2.13. The van der Waals surface area contributed by atoms with Crippen LogP contribution in [0.4, 0.5) is 4.39 Å². The number of hydrogen-bond donors (Lipinski definition) is 1. The summed E-state index contributed by atoms with van der Waals surface area (Å²) in [6.45, 7) is 4.11. The Labute approximate surface area is 138 Å². The molecule has 0 bridgehead atoms. The molecular weight excluding hydrogens is 319 g/mol. The van der Waals surface area contributed by atoms with Gasteiger partial charge in [-0.15, -0.1) is 0 Å². The fourth-order valence-corrected chi connectivity index (χ4v) is 2.92. The van der Waals surface area contributed by atoms with Crippen LogP contribution in [0.25, 0.3) is 0 Å². The summed E-state index contributed by atoms with van der Waals surface area (Å²) in [7, 11) is 0. The molecule has 1 heterocycles. The lowest BCUT2D eigenvalue weighted by molar-refractivity contribution is -0.142. The molecule has 0 radical (unpaired) electrons. The smallest absolute Gasteiger partial charge is 0.319 e. The third kappa shape index (κ3) is 4.56. The van der Waals surface area contributed by atoms with Gasteiger partial charge in [0.25, 0.3) is 0 Å². The normalized spacial score (nSPS) is 12.2. The van der Waals surface area contributed by atoms with E-state index in [0.29, 0.717) is 24.0 Å². The molecule has 2 rings (SSSR count). The van der Waals surface area contributed by atoms with Crippen molar-refractivity contribution >= 4 is 17.7 Å². The lowest BCUT2D eigenvalue weighted by atomic mass is 10.2. The molecule has 0 saturated heterocycles. The quantitative estimate of drug-likeness (QED) is 0.621. The number of hydrogen-bond acceptors (Lipinski definition) is 5. The molecule has 0 saturated carbocycles. The average molecular weight is 338 g/mol. The summed E-state index contributed by atoms with van der Waals surface area (Å²) in [5.41, 5.74) is 1.51. The number of imidazole rings is 1. The number of aliphatic hydroxyl groups excluding tert-OH is 1. The predicted molar refractivity (Wildman–Crippen MR) is 85.6 cm³/mol. The van der Waals surface area contributed by atoms with Crippen LogP contribution in [0.2, 0.25) is 0 Å². The molecule has 0 aliphatic heterocycles. The summed E-state index contributed by atoms with van der Waals surface area (Å²) in [6.07, 6.45) is 1.57. The van der Waals surface area contributed by atoms with Crippen molar-refractivity contribution < 1.29 is 19.0 Å². The van der Waals surface area contributed by atoms with E-state index in [4.69, 9.17) is 4.74 Å². The van der Waals surface area contributed by atoms with E-state index in [1.165, 1.54) is 23.9 Å². The first-order valence-corrected chi connectivity index (χ1v) is 8.16. The van der Waals surface area contributed by atoms with Gasteiger partial charge in [0, 0.05) is 6.54 Å². The second kappa shape index (κ2) is 8.12. The van der Waals surface area contributed by atoms with Gasteiger partial charge < -0.3 is 14.4 Å². The van der Waals surface area contributed by atoms with Crippen LogP contribution in [-0.2, 0) is 22.7 Å². The number of carbonyl (C=O) groups is 1. The van der Waals surface area contributed by atoms with Crippen molar-refractivity contribution in [1.82, 2.24) is 9.55 Å². The summed E-state index contributed by atoms with van der Waals surface area (Å²) < 4.78 is 19.8. The SMILES string of the molecule is CCOC(=O)C(C)Sc1ncc(CO)n1Cc1ccc(F)cc1. The second-order valence-electron chi connectivity index (χ2n) is 4.91. The summed E-state index contributed by atoms with van der Waals surface area (Å²) in [4.78, 5) is 16.0. The summed E-state index contributed by atoms with van der Waals surface area (Å²) in [5.74, 6) is -0.605. The monoisotopic (exact) mass is 338 g/mol. The van der Waals surface area contributed by atoms with Gasteiger partial charge >= 0.3 is 5.97 Å². The van der Waals surface area contributed by atoms with Gasteiger partial charge in [-0.05, 0) is 31.5 Å². The van der Waals surface area contributed by atoms with Gasteiger partial charge in [0.1, 0.15) is 11.1 Å². The fraction of sp³-hybridized carbons (Fsp3) is 0.375. The topological polar surface area (TPSA) is 64.3 Å². The molecule has 1 unspecified atom stereocenters. The summed E-state index contributed by atoms with van der Waals surface area (Å²) in [6, 6.07) is 6.14. The molecule has 0 aliphatic rings. The highest BCUT2D eigenvalue weighted by molar-refractivity contribution is 8.00. The number of benzene rings is 1. The maximum atomic E-state index is 13.0. The minimum atomic E-state index is -0.407. The average Bonchev–Trinajstić information content (AvgIpc) is 2.91. The van der Waals surface area contributed by atoms with E-state index in [1.54, 1.807) is 32.2 Å². The van der Waals surface area contributed by atoms with E-state index in [1.807, 2.05) is 4.57 Å². The number of aromatic nitrogens is 2. The second-order valence-corrected chi connectivity index (χ2v) is 6.22. The highest BCUT2D eigenvalue weighted by Gasteiger charge is 2.20. The molecule has 1 N–H and O–H groups in total. The molecule has 0 fully saturated rings. The van der Waals surface area contributed by atoms with Gasteiger partial charge in [-0.1, -0.05) is 23.9 Å². The van der Waals surface area contributed by atoms with Crippen molar-refractivity contribution in [2.45, 2.75) is 37.4 Å². The minimum absolute atomic E-state index is 0.164. The van der Waals surface area contributed by atoms with E-state index in [9.17, 15) is 14.3 Å². The zero-order chi connectivity index (χ0) is 16.8. The zero-order valence-electron chi connectivity index (χ0n) is 13.0. The third-order valence-corrected chi connectivity index (χ3v) is 4.30. The largest absolute Gasteiger partial charge is 0.465 e. The van der Waals surface area contributed by atoms with Crippen LogP contribution in [0.5, 0.6) is 0 Å². The van der Waals surface area contributed by atoms with E-state index < -0.39 is 5.25 Å². The van der Waals surface area contributed by atoms with Gasteiger partial charge in [0.05, 0.1) is 25.1 Å². The van der Waals surface area contributed by atoms with Gasteiger partial charge in [0.15, 0.2) is 5.16 Å². The first-order chi connectivity index (χ1) is 11.0. The number of thioether (sulfide) groups is 1. The Kier molecular flexibility index (Phi) is 6.18. The van der Waals surface area contributed by atoms with E-state index in [2.05, 4.69) is 4.98 Å². The summed E-state index contributed by atoms with van der Waals surface area (Å²) >= 11 is 1.27. The molecule has 7 heteroatoms. The van der Waals surface area contributed by atoms with Crippen LogP contribution < -0.4 is 0 Å². The van der Waals surface area contributed by atoms with Gasteiger partial charge in [-0.2, -0.15) is 0 Å². The molecule has 5 nitrogen and oxygen atoms in total. The van der Waals surface area contributed by atoms with Crippen molar-refractivity contribution in [2.75, 3.05) is 6.61 Å². The molecule has 0 spiro atoms. The van der Waals surface area contributed by atoms with Gasteiger partial charge in [-0.3, -0.25) is 4.79 Å². The minimum Gasteiger partial charge on any atom is -0.465 e. The number of carbonyl (C=O) groups excluding carboxylic acids is 1. The molecule has 0 aliphatic carbocycles. The number of nitrogens with zero attached hydrogens (tertiary/aromatic N) is 2. The Hall–Kier alpha value is -1.86. The molecule has 0 amide bonds. The highest BCUT2D eigenvalue weighted by atomic mass is 32.2. The standard InChI is InChI=1S/C16H19FN2O3S/c1-3-22-15(21)11(2)23-16-18-8-14(10-20)19(16)9-12-4-6-13(17)7-5-12/h4-8,11,20H,3,9-10H2,1-2H3. The number of esters is 1. The fourth-order valence-electron chi connectivity index (χ4n) is 2.02. The molecule has 1 aromatic carbocycles. The van der Waals surface area contributed by atoms with Gasteiger partial charge in [-0.25, -0.2) is 9.37 Å². The number of ether oxygens (including phenoxy) is 1. The Bertz CT molecular complexity index is 658. The third-order valence-electron chi connectivity index (χ3n) is 3.22. The van der Waals surface area contributed by atoms with Gasteiger partial charge in [0.2, 0.25) is 0 Å². The molecule has 1 atom stereocenters. The first kappa shape index (κ1) is 17.5. The number of halogens is 1. The highest BCUT2D eigenvalue weighted by Crippen LogP contribution is 2.25. The van der Waals surface area contributed by atoms with Crippen molar-refractivity contribution in [2.24, 2.45) is 0 Å². The maximum Gasteiger partial charge on any atom is 0.319 e. The van der Waals surface area contributed by atoms with Crippen molar-refractivity contribution in [3.05, 3.63) is 47.5 Å². The molecule has 124 valence electrons. The van der Waals surface area contributed by atoms with Crippen molar-refractivity contribution in [1.29, 1.82) is 0 Å². The Morgan fingerprint density at radius 1 is 1.43 bits per heavy atom. The first-order valence-electron chi connectivity index (χ1n) is 7.28. The van der Waals surface area contributed by atoms with Crippen LogP contribution in [0.3, 0.4) is 0 Å². The number of rotatable bonds is 7. The molecule has 23 heavy (non-hydrogen) atoms. The Morgan fingerprint density at radius 2 is 2.13 bits per heavy atom. The van der Waals surface area contributed by atoms with E-state index in [-0.39, 0.29) is 18.4 Å². The van der Waals surface area contributed by atoms with Crippen LogP contribution >= 0.6 is 11.8 Å². The summed E-state index contributed by atoms with van der Waals surface area (Å²) in [5, 5.41) is 9.66. The lowest BCUT2D eigenvalue weighted by Crippen LogP contribution is -2.18.